The summed E-state index contributed by atoms with van der Waals surface area (Å²) in [5, 5.41) is 0.00674. The molecule has 31 heavy (non-hydrogen) atoms. The van der Waals surface area contributed by atoms with Gasteiger partial charge in [-0.15, -0.1) is 4.73 Å². The van der Waals surface area contributed by atoms with Gasteiger partial charge in [0, 0.05) is 16.9 Å². The van der Waals surface area contributed by atoms with Crippen molar-refractivity contribution < 1.29 is 35.4 Å². The monoisotopic (exact) mass is 484 g/mol. The molecule has 0 spiro atoms. The Balaban J connectivity index is 2.23. The van der Waals surface area contributed by atoms with Crippen LogP contribution < -0.4 is 15.7 Å². The van der Waals surface area contributed by atoms with Gasteiger partial charge in [-0.05, 0) is 30.0 Å². The third kappa shape index (κ3) is 5.11. The van der Waals surface area contributed by atoms with Crippen LogP contribution in [0.5, 0.6) is 0 Å². The highest BCUT2D eigenvalue weighted by Gasteiger charge is 2.33. The Labute approximate surface area is 178 Å². The van der Waals surface area contributed by atoms with E-state index in [0.717, 1.165) is 10.8 Å². The molecular weight excluding hydrogens is 470 g/mol. The quantitative estimate of drug-likeness (QED) is 0.611. The molecule has 3 heterocycles. The summed E-state index contributed by atoms with van der Waals surface area (Å²) in [6.07, 6.45) is -1.74. The van der Waals surface area contributed by atoms with Crippen LogP contribution in [0.1, 0.15) is 12.5 Å². The predicted octanol–water partition coefficient (Wildman–Crippen LogP) is 2.70. The van der Waals surface area contributed by atoms with Crippen molar-refractivity contribution in [3.05, 3.63) is 39.6 Å². The molecule has 2 aromatic heterocycles. The molecule has 2 aromatic rings. The van der Waals surface area contributed by atoms with E-state index in [2.05, 4.69) is 15.0 Å². The topological polar surface area (TPSA) is 69.4 Å². The van der Waals surface area contributed by atoms with Crippen LogP contribution in [0.4, 0.5) is 26.3 Å². The molecule has 3 rings (SSSR count). The SMILES string of the molecule is CCS(=O)c1cc(C(F)(F)F)cnc1-c1nc2c(n1OC)=NCC=C(SC(F)(F)F)C=2. The number of fused-ring (bicyclic) bond motifs is 1. The summed E-state index contributed by atoms with van der Waals surface area (Å²) in [5.74, 6) is -0.120. The summed E-state index contributed by atoms with van der Waals surface area (Å²) in [5.41, 5.74) is -5.71. The van der Waals surface area contributed by atoms with Gasteiger partial charge in [-0.2, -0.15) is 26.3 Å². The van der Waals surface area contributed by atoms with Gasteiger partial charge in [0.1, 0.15) is 18.2 Å². The van der Waals surface area contributed by atoms with E-state index in [0.29, 0.717) is 12.3 Å². The Bertz CT molecular complexity index is 1170. The number of allylic oxidation sites excluding steroid dienone is 1. The van der Waals surface area contributed by atoms with E-state index >= 15 is 0 Å². The van der Waals surface area contributed by atoms with Gasteiger partial charge in [-0.25, -0.2) is 4.98 Å². The van der Waals surface area contributed by atoms with E-state index in [4.69, 9.17) is 4.84 Å². The van der Waals surface area contributed by atoms with Crippen LogP contribution in [0.15, 0.2) is 33.1 Å². The molecule has 0 fully saturated rings. The van der Waals surface area contributed by atoms with E-state index in [1.807, 2.05) is 0 Å². The Hall–Kier alpha value is -2.35. The number of halogens is 6. The van der Waals surface area contributed by atoms with Crippen LogP contribution in [-0.4, -0.2) is 43.8 Å². The molecule has 1 aliphatic heterocycles. The van der Waals surface area contributed by atoms with Crippen LogP contribution in [-0.2, 0) is 17.0 Å². The zero-order valence-corrected chi connectivity index (χ0v) is 17.5. The molecule has 0 aliphatic carbocycles. The Kier molecular flexibility index (Phi) is 6.51. The lowest BCUT2D eigenvalue weighted by Gasteiger charge is -2.12. The smallest absolute Gasteiger partial charge is 0.413 e. The highest BCUT2D eigenvalue weighted by Crippen LogP contribution is 2.37. The largest absolute Gasteiger partial charge is 0.446 e. The maximum Gasteiger partial charge on any atom is 0.446 e. The number of hydrogen-bond donors (Lipinski definition) is 0. The maximum atomic E-state index is 13.1. The second-order valence-corrected chi connectivity index (χ2v) is 8.81. The molecule has 14 heteroatoms. The summed E-state index contributed by atoms with van der Waals surface area (Å²) >= 11 is -0.344. The molecule has 1 atom stereocenters. The van der Waals surface area contributed by atoms with E-state index in [-0.39, 0.29) is 56.2 Å². The van der Waals surface area contributed by atoms with Crippen molar-refractivity contribution in [1.82, 2.24) is 14.7 Å². The van der Waals surface area contributed by atoms with Gasteiger partial charge in [-0.1, -0.05) is 6.92 Å². The second kappa shape index (κ2) is 8.65. The molecule has 6 nitrogen and oxygen atoms in total. The van der Waals surface area contributed by atoms with Crippen molar-refractivity contribution in [3.8, 4) is 11.5 Å². The van der Waals surface area contributed by atoms with E-state index in [9.17, 15) is 30.6 Å². The second-order valence-electron chi connectivity index (χ2n) is 5.96. The molecule has 0 saturated carbocycles. The first-order chi connectivity index (χ1) is 14.4. The van der Waals surface area contributed by atoms with Crippen molar-refractivity contribution in [1.29, 1.82) is 0 Å². The van der Waals surface area contributed by atoms with Gasteiger partial charge in [-0.3, -0.25) is 14.2 Å². The first-order valence-corrected chi connectivity index (χ1v) is 10.7. The normalized spacial score (nSPS) is 15.3. The van der Waals surface area contributed by atoms with Gasteiger partial charge < -0.3 is 4.84 Å². The number of alkyl halides is 6. The molecule has 0 aromatic carbocycles. The number of thioether (sulfide) groups is 1. The standard InChI is InChI=1S/C17H14F6N4O2S2/c1-3-31(28)12-6-9(16(18,19)20)8-25-13(12)15-26-11-7-10(30-17(21,22)23)4-5-24-14(11)27(15)29-2/h4,6-8H,3,5H2,1-2H3. The van der Waals surface area contributed by atoms with Crippen molar-refractivity contribution in [3.63, 3.8) is 0 Å². The van der Waals surface area contributed by atoms with Gasteiger partial charge in [0.15, 0.2) is 11.3 Å². The third-order valence-corrected chi connectivity index (χ3v) is 6.05. The minimum atomic E-state index is -4.70. The maximum absolute atomic E-state index is 13.1. The third-order valence-electron chi connectivity index (χ3n) is 3.97. The molecule has 0 amide bonds. The van der Waals surface area contributed by atoms with Gasteiger partial charge in [0.05, 0.1) is 27.8 Å². The highest BCUT2D eigenvalue weighted by molar-refractivity contribution is 8.04. The lowest BCUT2D eigenvalue weighted by molar-refractivity contribution is -0.138. The molecule has 168 valence electrons. The Morgan fingerprint density at radius 3 is 2.55 bits per heavy atom. The number of aromatic nitrogens is 3. The van der Waals surface area contributed by atoms with Crippen molar-refractivity contribution in [2.45, 2.75) is 23.5 Å². The minimum Gasteiger partial charge on any atom is -0.413 e. The zero-order chi connectivity index (χ0) is 23.0. The fourth-order valence-electron chi connectivity index (χ4n) is 2.70. The van der Waals surface area contributed by atoms with Gasteiger partial charge >= 0.3 is 11.7 Å². The summed E-state index contributed by atoms with van der Waals surface area (Å²) in [4.78, 5) is 17.0. The Morgan fingerprint density at radius 2 is 1.97 bits per heavy atom. The van der Waals surface area contributed by atoms with Crippen molar-refractivity contribution in [2.24, 2.45) is 4.99 Å². The number of nitrogens with zero attached hydrogens (tertiary/aromatic N) is 4. The van der Waals surface area contributed by atoms with Crippen molar-refractivity contribution >= 4 is 28.6 Å². The molecule has 0 radical (unpaired) electrons. The first-order valence-electron chi connectivity index (χ1n) is 8.56. The van der Waals surface area contributed by atoms with Gasteiger partial charge in [0.25, 0.3) is 0 Å². The number of pyridine rings is 1. The predicted molar refractivity (Wildman–Crippen MR) is 102 cm³/mol. The first kappa shape index (κ1) is 23.3. The van der Waals surface area contributed by atoms with Crippen molar-refractivity contribution in [2.75, 3.05) is 19.4 Å². The minimum absolute atomic E-state index is 0.00674. The molecular formula is C17H14F6N4O2S2. The van der Waals surface area contributed by atoms with Crippen LogP contribution >= 0.6 is 11.8 Å². The lowest BCUT2D eigenvalue weighted by Crippen LogP contribution is -2.33. The zero-order valence-electron chi connectivity index (χ0n) is 15.9. The number of hydrogen-bond acceptors (Lipinski definition) is 6. The molecule has 1 unspecified atom stereocenters. The van der Waals surface area contributed by atoms with Crippen LogP contribution in [0, 0.1) is 0 Å². The van der Waals surface area contributed by atoms with E-state index in [1.165, 1.54) is 20.1 Å². The molecule has 0 saturated heterocycles. The van der Waals surface area contributed by atoms with Gasteiger partial charge in [0.2, 0.25) is 0 Å². The fraction of sp³-hybridized carbons (Fsp3) is 0.353. The average molecular weight is 484 g/mol. The summed E-state index contributed by atoms with van der Waals surface area (Å²) in [6, 6.07) is 0.716. The summed E-state index contributed by atoms with van der Waals surface area (Å²) in [6.45, 7) is 1.41. The van der Waals surface area contributed by atoms with E-state index in [1.54, 1.807) is 0 Å². The molecule has 1 aliphatic rings. The summed E-state index contributed by atoms with van der Waals surface area (Å²) in [7, 11) is -0.616. The Morgan fingerprint density at radius 1 is 1.26 bits per heavy atom. The number of imidazole rings is 1. The fourth-order valence-corrected chi connectivity index (χ4v) is 4.22. The van der Waals surface area contributed by atoms with Crippen LogP contribution in [0.2, 0.25) is 0 Å². The number of rotatable bonds is 5. The highest BCUT2D eigenvalue weighted by atomic mass is 32.2. The molecule has 0 N–H and O–H groups in total. The summed E-state index contributed by atoms with van der Waals surface area (Å²) < 4.78 is 91.1. The average Bonchev–Trinajstić information content (AvgIpc) is 2.90. The van der Waals surface area contributed by atoms with Crippen LogP contribution in [0.3, 0.4) is 0 Å². The van der Waals surface area contributed by atoms with E-state index < -0.39 is 28.0 Å². The molecule has 0 bridgehead atoms. The van der Waals surface area contributed by atoms with Crippen LogP contribution in [0.25, 0.3) is 17.6 Å². The lowest BCUT2D eigenvalue weighted by atomic mass is 10.2.